The normalized spacial score (nSPS) is 12.7. The van der Waals surface area contributed by atoms with Crippen LogP contribution in [0.25, 0.3) is 10.8 Å². The van der Waals surface area contributed by atoms with Gasteiger partial charge in [-0.3, -0.25) is 4.90 Å². The maximum atomic E-state index is 3.49. The topological polar surface area (TPSA) is 3.24 Å². The Balaban J connectivity index is 1.85. The second-order valence-electron chi connectivity index (χ2n) is 5.79. The number of halogens is 1. The van der Waals surface area contributed by atoms with Crippen molar-refractivity contribution in [2.24, 2.45) is 0 Å². The molecule has 1 atom stereocenters. The van der Waals surface area contributed by atoms with Crippen molar-refractivity contribution in [3.63, 3.8) is 0 Å². The zero-order valence-corrected chi connectivity index (χ0v) is 14.5. The lowest BCUT2D eigenvalue weighted by atomic mass is 9.98. The lowest BCUT2D eigenvalue weighted by Crippen LogP contribution is -2.22. The van der Waals surface area contributed by atoms with Crippen LogP contribution in [0, 0.1) is 0 Å². The predicted octanol–water partition coefficient (Wildman–Crippen LogP) is 5.80. The van der Waals surface area contributed by atoms with E-state index in [0.29, 0.717) is 6.04 Å². The summed E-state index contributed by atoms with van der Waals surface area (Å²) in [5, 5.41) is 2.66. The third kappa shape index (κ3) is 3.23. The van der Waals surface area contributed by atoms with Crippen LogP contribution >= 0.6 is 15.9 Å². The molecule has 0 aliphatic carbocycles. The average molecular weight is 354 g/mol. The Labute approximate surface area is 140 Å². The second-order valence-corrected chi connectivity index (χ2v) is 6.70. The molecule has 0 aliphatic rings. The van der Waals surface area contributed by atoms with Gasteiger partial charge in [0.2, 0.25) is 0 Å². The Morgan fingerprint density at radius 3 is 2.36 bits per heavy atom. The van der Waals surface area contributed by atoms with Crippen molar-refractivity contribution in [1.29, 1.82) is 0 Å². The summed E-state index contributed by atoms with van der Waals surface area (Å²) in [7, 11) is 2.19. The van der Waals surface area contributed by atoms with Crippen LogP contribution in [0.4, 0.5) is 0 Å². The minimum Gasteiger partial charge on any atom is -0.295 e. The Morgan fingerprint density at radius 2 is 1.59 bits per heavy atom. The molecule has 112 valence electrons. The minimum absolute atomic E-state index is 0.370. The first kappa shape index (κ1) is 15.3. The van der Waals surface area contributed by atoms with Gasteiger partial charge in [0.15, 0.2) is 0 Å². The van der Waals surface area contributed by atoms with E-state index >= 15 is 0 Å². The van der Waals surface area contributed by atoms with Gasteiger partial charge in [0.05, 0.1) is 0 Å². The van der Waals surface area contributed by atoms with Crippen molar-refractivity contribution in [2.75, 3.05) is 7.05 Å². The monoisotopic (exact) mass is 353 g/mol. The number of hydrogen-bond donors (Lipinski definition) is 0. The molecule has 0 unspecified atom stereocenters. The van der Waals surface area contributed by atoms with Gasteiger partial charge < -0.3 is 0 Å². The van der Waals surface area contributed by atoms with Crippen molar-refractivity contribution < 1.29 is 0 Å². The van der Waals surface area contributed by atoms with E-state index in [0.717, 1.165) is 11.0 Å². The van der Waals surface area contributed by atoms with Crippen molar-refractivity contribution in [1.82, 2.24) is 4.90 Å². The van der Waals surface area contributed by atoms with Gasteiger partial charge in [-0.2, -0.15) is 0 Å². The fraction of sp³-hybridized carbons (Fsp3) is 0.200. The van der Waals surface area contributed by atoms with E-state index in [4.69, 9.17) is 0 Å². The summed E-state index contributed by atoms with van der Waals surface area (Å²) in [5.74, 6) is 0. The molecule has 0 N–H and O–H groups in total. The van der Waals surface area contributed by atoms with Gasteiger partial charge in [-0.05, 0) is 48.0 Å². The number of nitrogens with zero attached hydrogens (tertiary/aromatic N) is 1. The highest BCUT2D eigenvalue weighted by atomic mass is 79.9. The molecule has 0 saturated carbocycles. The highest BCUT2D eigenvalue weighted by Gasteiger charge is 2.14. The fourth-order valence-electron chi connectivity index (χ4n) is 2.87. The molecule has 0 radical (unpaired) electrons. The number of fused-ring (bicyclic) bond motifs is 1. The summed E-state index contributed by atoms with van der Waals surface area (Å²) < 4.78 is 1.13. The third-order valence-corrected chi connectivity index (χ3v) is 4.81. The van der Waals surface area contributed by atoms with Crippen LogP contribution in [0.3, 0.4) is 0 Å². The largest absolute Gasteiger partial charge is 0.295 e. The molecular formula is C20H20BrN. The minimum atomic E-state index is 0.370. The van der Waals surface area contributed by atoms with Gasteiger partial charge >= 0.3 is 0 Å². The van der Waals surface area contributed by atoms with E-state index < -0.39 is 0 Å². The average Bonchev–Trinajstić information content (AvgIpc) is 2.55. The molecule has 2 heteroatoms. The van der Waals surface area contributed by atoms with E-state index in [-0.39, 0.29) is 0 Å². The van der Waals surface area contributed by atoms with Gasteiger partial charge in [0.25, 0.3) is 0 Å². The SMILES string of the molecule is C[C@H](c1cccc2ccccc12)N(C)Cc1ccc(Br)cc1. The van der Waals surface area contributed by atoms with E-state index in [1.165, 1.54) is 21.9 Å². The zero-order chi connectivity index (χ0) is 15.5. The van der Waals surface area contributed by atoms with Crippen LogP contribution in [-0.2, 0) is 6.54 Å². The lowest BCUT2D eigenvalue weighted by Gasteiger charge is -2.26. The lowest BCUT2D eigenvalue weighted by molar-refractivity contribution is 0.254. The molecule has 22 heavy (non-hydrogen) atoms. The van der Waals surface area contributed by atoms with E-state index in [1.54, 1.807) is 0 Å². The summed E-state index contributed by atoms with van der Waals surface area (Å²) in [6.07, 6.45) is 0. The smallest absolute Gasteiger partial charge is 0.0326 e. The van der Waals surface area contributed by atoms with Crippen molar-refractivity contribution >= 4 is 26.7 Å². The van der Waals surface area contributed by atoms with Gasteiger partial charge in [0, 0.05) is 17.1 Å². The van der Waals surface area contributed by atoms with E-state index in [9.17, 15) is 0 Å². The molecule has 3 aromatic carbocycles. The van der Waals surface area contributed by atoms with Crippen LogP contribution in [0.2, 0.25) is 0 Å². The summed E-state index contributed by atoms with van der Waals surface area (Å²) in [4.78, 5) is 2.39. The third-order valence-electron chi connectivity index (χ3n) is 4.28. The van der Waals surface area contributed by atoms with Crippen molar-refractivity contribution in [3.8, 4) is 0 Å². The molecule has 3 aromatic rings. The number of hydrogen-bond acceptors (Lipinski definition) is 1. The Bertz CT molecular complexity index is 759. The first-order chi connectivity index (χ1) is 10.6. The summed E-state index contributed by atoms with van der Waals surface area (Å²) in [6, 6.07) is 24.1. The van der Waals surface area contributed by atoms with Crippen LogP contribution in [0.15, 0.2) is 71.2 Å². The maximum absolute atomic E-state index is 3.49. The molecule has 0 heterocycles. The van der Waals surface area contributed by atoms with Gasteiger partial charge in [-0.1, -0.05) is 70.5 Å². The fourth-order valence-corrected chi connectivity index (χ4v) is 3.13. The molecule has 0 saturated heterocycles. The van der Waals surface area contributed by atoms with Crippen LogP contribution in [0.5, 0.6) is 0 Å². The molecule has 3 rings (SSSR count). The quantitative estimate of drug-likeness (QED) is 0.573. The van der Waals surface area contributed by atoms with Gasteiger partial charge in [0.1, 0.15) is 0 Å². The first-order valence-corrected chi connectivity index (χ1v) is 8.37. The number of rotatable bonds is 4. The number of benzene rings is 3. The Kier molecular flexibility index (Phi) is 4.60. The first-order valence-electron chi connectivity index (χ1n) is 7.57. The maximum Gasteiger partial charge on any atom is 0.0326 e. The van der Waals surface area contributed by atoms with Crippen LogP contribution < -0.4 is 0 Å². The molecule has 0 fully saturated rings. The molecular weight excluding hydrogens is 334 g/mol. The molecule has 0 spiro atoms. The van der Waals surface area contributed by atoms with E-state index in [1.807, 2.05) is 0 Å². The predicted molar refractivity (Wildman–Crippen MR) is 98.0 cm³/mol. The summed E-state index contributed by atoms with van der Waals surface area (Å²) in [6.45, 7) is 3.22. The van der Waals surface area contributed by atoms with Crippen molar-refractivity contribution in [3.05, 3.63) is 82.3 Å². The Hall–Kier alpha value is -1.64. The van der Waals surface area contributed by atoms with Gasteiger partial charge in [-0.25, -0.2) is 0 Å². The molecule has 0 amide bonds. The van der Waals surface area contributed by atoms with Gasteiger partial charge in [-0.15, -0.1) is 0 Å². The van der Waals surface area contributed by atoms with Crippen LogP contribution in [-0.4, -0.2) is 11.9 Å². The molecule has 0 aromatic heterocycles. The van der Waals surface area contributed by atoms with Crippen molar-refractivity contribution in [2.45, 2.75) is 19.5 Å². The van der Waals surface area contributed by atoms with Crippen LogP contribution in [0.1, 0.15) is 24.1 Å². The standard InChI is InChI=1S/C20H20BrN/c1-15(22(2)14-16-10-12-18(21)13-11-16)19-9-5-7-17-6-3-4-8-20(17)19/h3-13,15H,14H2,1-2H3/t15-/m1/s1. The summed E-state index contributed by atoms with van der Waals surface area (Å²) in [5.41, 5.74) is 2.72. The molecule has 1 nitrogen and oxygen atoms in total. The van der Waals surface area contributed by atoms with E-state index in [2.05, 4.69) is 102 Å². The summed E-state index contributed by atoms with van der Waals surface area (Å²) >= 11 is 3.49. The highest BCUT2D eigenvalue weighted by Crippen LogP contribution is 2.28. The zero-order valence-electron chi connectivity index (χ0n) is 13.0. The molecule has 0 aliphatic heterocycles. The molecule has 0 bridgehead atoms. The Morgan fingerprint density at radius 1 is 0.909 bits per heavy atom. The second kappa shape index (κ2) is 6.64. The highest BCUT2D eigenvalue weighted by molar-refractivity contribution is 9.10.